The van der Waals surface area contributed by atoms with E-state index in [1.807, 2.05) is 19.9 Å². The monoisotopic (exact) mass is 515 g/mol. The Balaban J connectivity index is 0.00000300. The van der Waals surface area contributed by atoms with E-state index >= 15 is 0 Å². The van der Waals surface area contributed by atoms with E-state index < -0.39 is 0 Å². The van der Waals surface area contributed by atoms with Crippen LogP contribution in [0.3, 0.4) is 0 Å². The SMILES string of the molecule is Cc1cc(C)nc(N2CCN(C(=NCC(=O)N(C)C)NC3CCCC3)CC2)n1.I. The van der Waals surface area contributed by atoms with E-state index in [1.165, 1.54) is 25.7 Å². The molecule has 1 saturated carbocycles. The number of aryl methyl sites for hydroxylation is 2. The molecule has 0 spiro atoms. The summed E-state index contributed by atoms with van der Waals surface area (Å²) in [4.78, 5) is 31.9. The molecule has 1 saturated heterocycles. The summed E-state index contributed by atoms with van der Waals surface area (Å²) in [6.45, 7) is 7.56. The number of carbonyl (C=O) groups excluding carboxylic acids is 1. The van der Waals surface area contributed by atoms with Gasteiger partial charge in [-0.25, -0.2) is 15.0 Å². The van der Waals surface area contributed by atoms with Crippen LogP contribution in [0, 0.1) is 13.8 Å². The molecule has 0 atom stereocenters. The maximum Gasteiger partial charge on any atom is 0.243 e. The number of aromatic nitrogens is 2. The Labute approximate surface area is 191 Å². The van der Waals surface area contributed by atoms with Crippen molar-refractivity contribution in [3.8, 4) is 0 Å². The van der Waals surface area contributed by atoms with Crippen LogP contribution in [0.5, 0.6) is 0 Å². The van der Waals surface area contributed by atoms with Crippen LogP contribution in [-0.2, 0) is 4.79 Å². The molecule has 0 radical (unpaired) electrons. The Morgan fingerprint density at radius 2 is 1.72 bits per heavy atom. The first-order valence-corrected chi connectivity index (χ1v) is 10.3. The Kier molecular flexibility index (Phi) is 8.91. The first-order valence-electron chi connectivity index (χ1n) is 10.3. The molecule has 0 bridgehead atoms. The fraction of sp³-hybridized carbons (Fsp3) is 0.700. The minimum Gasteiger partial charge on any atom is -0.353 e. The van der Waals surface area contributed by atoms with Crippen molar-refractivity contribution in [2.75, 3.05) is 51.7 Å². The van der Waals surface area contributed by atoms with Gasteiger partial charge < -0.3 is 20.0 Å². The van der Waals surface area contributed by atoms with E-state index in [-0.39, 0.29) is 36.4 Å². The predicted molar refractivity (Wildman–Crippen MR) is 127 cm³/mol. The van der Waals surface area contributed by atoms with Gasteiger partial charge in [-0.05, 0) is 32.8 Å². The third-order valence-electron chi connectivity index (χ3n) is 5.38. The topological polar surface area (TPSA) is 77.0 Å². The molecule has 8 nitrogen and oxygen atoms in total. The van der Waals surface area contributed by atoms with Gasteiger partial charge in [0.05, 0.1) is 0 Å². The van der Waals surface area contributed by atoms with Crippen molar-refractivity contribution >= 4 is 41.8 Å². The molecule has 1 aromatic heterocycles. The van der Waals surface area contributed by atoms with E-state index in [1.54, 1.807) is 19.0 Å². The molecule has 2 fully saturated rings. The number of carbonyl (C=O) groups is 1. The molecule has 0 unspecified atom stereocenters. The molecule has 1 N–H and O–H groups in total. The summed E-state index contributed by atoms with van der Waals surface area (Å²) in [5.74, 6) is 1.69. The zero-order valence-electron chi connectivity index (χ0n) is 18.0. The number of hydrogen-bond acceptors (Lipinski definition) is 5. The van der Waals surface area contributed by atoms with Crippen LogP contribution in [0.4, 0.5) is 5.95 Å². The molecule has 9 heteroatoms. The summed E-state index contributed by atoms with van der Waals surface area (Å²) < 4.78 is 0. The summed E-state index contributed by atoms with van der Waals surface area (Å²) in [7, 11) is 3.54. The van der Waals surface area contributed by atoms with Crippen LogP contribution >= 0.6 is 24.0 Å². The summed E-state index contributed by atoms with van der Waals surface area (Å²) in [5.41, 5.74) is 1.99. The molecule has 29 heavy (non-hydrogen) atoms. The molecular weight excluding hydrogens is 481 g/mol. The van der Waals surface area contributed by atoms with Crippen LogP contribution in [0.15, 0.2) is 11.1 Å². The fourth-order valence-corrected chi connectivity index (χ4v) is 3.74. The predicted octanol–water partition coefficient (Wildman–Crippen LogP) is 1.81. The normalized spacial score (nSPS) is 17.9. The van der Waals surface area contributed by atoms with Crippen LogP contribution in [0.1, 0.15) is 37.1 Å². The third kappa shape index (κ3) is 6.68. The number of guanidine groups is 1. The molecule has 2 aliphatic rings. The summed E-state index contributed by atoms with van der Waals surface area (Å²) >= 11 is 0. The highest BCUT2D eigenvalue weighted by Crippen LogP contribution is 2.18. The van der Waals surface area contributed by atoms with E-state index in [0.717, 1.165) is 49.5 Å². The van der Waals surface area contributed by atoms with E-state index in [2.05, 4.69) is 30.1 Å². The van der Waals surface area contributed by atoms with Crippen LogP contribution in [0.2, 0.25) is 0 Å². The lowest BCUT2D eigenvalue weighted by Crippen LogP contribution is -2.54. The number of likely N-dealkylation sites (N-methyl/N-ethyl adjacent to an activating group) is 1. The van der Waals surface area contributed by atoms with Crippen molar-refractivity contribution in [3.63, 3.8) is 0 Å². The molecule has 1 aromatic rings. The second-order valence-electron chi connectivity index (χ2n) is 7.98. The fourth-order valence-electron chi connectivity index (χ4n) is 3.74. The number of nitrogens with zero attached hydrogens (tertiary/aromatic N) is 6. The average molecular weight is 515 g/mol. The quantitative estimate of drug-likeness (QED) is 0.375. The Morgan fingerprint density at radius 1 is 1.14 bits per heavy atom. The van der Waals surface area contributed by atoms with Crippen molar-refractivity contribution in [2.24, 2.45) is 4.99 Å². The van der Waals surface area contributed by atoms with Crippen molar-refractivity contribution in [1.29, 1.82) is 0 Å². The first-order chi connectivity index (χ1) is 13.4. The minimum absolute atomic E-state index is 0. The highest BCUT2D eigenvalue weighted by molar-refractivity contribution is 14.0. The Bertz CT molecular complexity index is 691. The van der Waals surface area contributed by atoms with Gasteiger partial charge in [0, 0.05) is 57.7 Å². The summed E-state index contributed by atoms with van der Waals surface area (Å²) in [6.07, 6.45) is 4.88. The lowest BCUT2D eigenvalue weighted by molar-refractivity contribution is -0.127. The number of rotatable bonds is 4. The van der Waals surface area contributed by atoms with Crippen molar-refractivity contribution in [3.05, 3.63) is 17.5 Å². The molecule has 3 rings (SSSR count). The summed E-state index contributed by atoms with van der Waals surface area (Å²) in [5, 5.41) is 3.61. The highest BCUT2D eigenvalue weighted by Gasteiger charge is 2.24. The van der Waals surface area contributed by atoms with Crippen LogP contribution in [0.25, 0.3) is 0 Å². The molecular formula is C20H34IN7O. The van der Waals surface area contributed by atoms with Gasteiger partial charge in [0.15, 0.2) is 5.96 Å². The van der Waals surface area contributed by atoms with Gasteiger partial charge in [-0.1, -0.05) is 12.8 Å². The number of anilines is 1. The number of hydrogen-bond donors (Lipinski definition) is 1. The molecule has 1 aliphatic heterocycles. The summed E-state index contributed by atoms with van der Waals surface area (Å²) in [6, 6.07) is 2.46. The number of nitrogens with one attached hydrogen (secondary N) is 1. The van der Waals surface area contributed by atoms with Crippen molar-refractivity contribution in [1.82, 2.24) is 25.1 Å². The number of amides is 1. The van der Waals surface area contributed by atoms with E-state index in [9.17, 15) is 4.79 Å². The lowest BCUT2D eigenvalue weighted by atomic mass is 10.2. The van der Waals surface area contributed by atoms with Crippen molar-refractivity contribution in [2.45, 2.75) is 45.6 Å². The van der Waals surface area contributed by atoms with Gasteiger partial charge in [0.1, 0.15) is 6.54 Å². The lowest BCUT2D eigenvalue weighted by Gasteiger charge is -2.37. The average Bonchev–Trinajstić information content (AvgIpc) is 3.17. The van der Waals surface area contributed by atoms with Crippen LogP contribution < -0.4 is 10.2 Å². The standard InChI is InChI=1S/C20H33N7O.HI/c1-15-13-16(2)23-20(22-15)27-11-9-26(10-12-27)19(21-14-18(28)25(3)4)24-17-7-5-6-8-17;/h13,17H,5-12,14H2,1-4H3,(H,21,24);1H. The van der Waals surface area contributed by atoms with Gasteiger partial charge >= 0.3 is 0 Å². The van der Waals surface area contributed by atoms with Gasteiger partial charge in [-0.2, -0.15) is 0 Å². The van der Waals surface area contributed by atoms with E-state index in [0.29, 0.717) is 6.04 Å². The zero-order valence-corrected chi connectivity index (χ0v) is 20.3. The van der Waals surface area contributed by atoms with Crippen LogP contribution in [-0.4, -0.2) is 84.5 Å². The maximum absolute atomic E-state index is 12.0. The highest BCUT2D eigenvalue weighted by atomic mass is 127. The number of aliphatic imine (C=N–C) groups is 1. The third-order valence-corrected chi connectivity index (χ3v) is 5.38. The molecule has 1 amide bonds. The van der Waals surface area contributed by atoms with Gasteiger partial charge in [-0.3, -0.25) is 4.79 Å². The van der Waals surface area contributed by atoms with E-state index in [4.69, 9.17) is 0 Å². The molecule has 162 valence electrons. The maximum atomic E-state index is 12.0. The van der Waals surface area contributed by atoms with Gasteiger partial charge in [0.2, 0.25) is 11.9 Å². The number of piperazine rings is 1. The number of halogens is 1. The second-order valence-corrected chi connectivity index (χ2v) is 7.98. The van der Waals surface area contributed by atoms with Crippen molar-refractivity contribution < 1.29 is 4.79 Å². The Morgan fingerprint density at radius 3 is 2.28 bits per heavy atom. The first kappa shape index (κ1) is 23.6. The smallest absolute Gasteiger partial charge is 0.243 e. The zero-order chi connectivity index (χ0) is 20.1. The van der Waals surface area contributed by atoms with Gasteiger partial charge in [-0.15, -0.1) is 24.0 Å². The molecule has 1 aliphatic carbocycles. The molecule has 2 heterocycles. The van der Waals surface area contributed by atoms with Gasteiger partial charge in [0.25, 0.3) is 0 Å². The largest absolute Gasteiger partial charge is 0.353 e. The second kappa shape index (κ2) is 10.9. The molecule has 0 aromatic carbocycles. The minimum atomic E-state index is 0. The Hall–Kier alpha value is -1.65.